The first kappa shape index (κ1) is 24.2. The fraction of sp³-hybridized carbons (Fsp3) is 0.273. The zero-order chi connectivity index (χ0) is 23.1. The van der Waals surface area contributed by atoms with Gasteiger partial charge in [-0.15, -0.1) is 11.3 Å². The first-order valence-electron chi connectivity index (χ1n) is 10.0. The van der Waals surface area contributed by atoms with Gasteiger partial charge in [0.05, 0.1) is 17.4 Å². The molecule has 170 valence electrons. The predicted molar refractivity (Wildman–Crippen MR) is 127 cm³/mol. The van der Waals surface area contributed by atoms with Gasteiger partial charge in [0.25, 0.3) is 0 Å². The van der Waals surface area contributed by atoms with Crippen molar-refractivity contribution < 1.29 is 17.8 Å². The fourth-order valence-electron chi connectivity index (χ4n) is 3.16. The van der Waals surface area contributed by atoms with E-state index in [1.807, 2.05) is 35.2 Å². The van der Waals surface area contributed by atoms with Crippen molar-refractivity contribution in [2.45, 2.75) is 38.6 Å². The Balaban J connectivity index is 1.70. The zero-order valence-electron chi connectivity index (χ0n) is 17.4. The van der Waals surface area contributed by atoms with Crippen molar-refractivity contribution >= 4 is 44.8 Å². The third-order valence-electron chi connectivity index (χ3n) is 4.74. The zero-order valence-corrected chi connectivity index (χ0v) is 19.8. The second-order valence-electron chi connectivity index (χ2n) is 7.26. The maximum absolute atomic E-state index is 12.7. The average Bonchev–Trinajstić information content (AvgIpc) is 3.21. The highest BCUT2D eigenvalue weighted by atomic mass is 35.5. The Bertz CT molecular complexity index is 1160. The second kappa shape index (κ2) is 10.9. The summed E-state index contributed by atoms with van der Waals surface area (Å²) in [5, 5.41) is 6.53. The van der Waals surface area contributed by atoms with E-state index >= 15 is 0 Å². The molecule has 1 unspecified atom stereocenters. The number of amides is 1. The molecule has 0 aliphatic heterocycles. The Labute approximate surface area is 196 Å². The number of hydrogen-bond acceptors (Lipinski definition) is 5. The van der Waals surface area contributed by atoms with Crippen molar-refractivity contribution in [1.29, 1.82) is 0 Å². The van der Waals surface area contributed by atoms with Crippen LogP contribution in [0.2, 0.25) is 5.02 Å². The minimum Gasteiger partial charge on any atom is -0.347 e. The van der Waals surface area contributed by atoms with E-state index in [0.29, 0.717) is 24.3 Å². The fourth-order valence-corrected chi connectivity index (χ4v) is 4.75. The number of halogens is 1. The van der Waals surface area contributed by atoms with Crippen LogP contribution in [0.1, 0.15) is 41.2 Å². The molecule has 10 heteroatoms. The molecule has 0 saturated carbocycles. The highest BCUT2D eigenvalue weighted by Crippen LogP contribution is 2.24. The lowest BCUT2D eigenvalue weighted by molar-refractivity contribution is -0.121. The molecular formula is C22H24ClN3O4S2. The normalized spacial score (nSPS) is 12.3. The molecule has 7 nitrogen and oxygen atoms in total. The van der Waals surface area contributed by atoms with Gasteiger partial charge >= 0.3 is 10.3 Å². The van der Waals surface area contributed by atoms with Crippen LogP contribution < -0.4 is 10.0 Å². The Kier molecular flexibility index (Phi) is 8.25. The van der Waals surface area contributed by atoms with Crippen LogP contribution >= 0.6 is 22.9 Å². The van der Waals surface area contributed by atoms with E-state index < -0.39 is 10.3 Å². The van der Waals surface area contributed by atoms with E-state index in [9.17, 15) is 13.2 Å². The van der Waals surface area contributed by atoms with E-state index in [4.69, 9.17) is 16.2 Å². The molecule has 1 aromatic heterocycles. The van der Waals surface area contributed by atoms with Crippen LogP contribution in [-0.2, 0) is 34.4 Å². The third kappa shape index (κ3) is 7.59. The molecule has 3 N–H and O–H groups in total. The topological polar surface area (TPSA) is 108 Å². The van der Waals surface area contributed by atoms with E-state index in [2.05, 4.69) is 10.3 Å². The quantitative estimate of drug-likeness (QED) is 0.357. The standard InChI is InChI=1S/C22H24ClN3O4S2/c1-2-18-14-31-22(24-18)20(13-16-6-9-19(10-7-16)26-32(28,29)30)25-21(27)11-8-15-4-3-5-17(23)12-15/h3-7,9-10,12,14,20,26H,2,8,11,13H2,1H3,(H,25,27)(H,28,29,30). The maximum atomic E-state index is 12.7. The summed E-state index contributed by atoms with van der Waals surface area (Å²) in [5.41, 5.74) is 3.10. The molecule has 0 aliphatic rings. The molecule has 0 radical (unpaired) electrons. The van der Waals surface area contributed by atoms with Gasteiger partial charge in [-0.25, -0.2) is 4.98 Å². The monoisotopic (exact) mass is 493 g/mol. The molecular weight excluding hydrogens is 470 g/mol. The molecule has 3 rings (SSSR count). The van der Waals surface area contributed by atoms with Gasteiger partial charge in [-0.05, 0) is 54.7 Å². The van der Waals surface area contributed by atoms with Gasteiger partial charge in [-0.2, -0.15) is 8.42 Å². The Morgan fingerprint density at radius 3 is 2.56 bits per heavy atom. The molecule has 0 bridgehead atoms. The number of nitrogens with zero attached hydrogens (tertiary/aromatic N) is 1. The number of thiazole rings is 1. The minimum atomic E-state index is -4.33. The number of hydrogen-bond donors (Lipinski definition) is 3. The SMILES string of the molecule is CCc1csc(C(Cc2ccc(NS(=O)(=O)O)cc2)NC(=O)CCc2cccc(Cl)c2)n1. The second-order valence-corrected chi connectivity index (χ2v) is 9.74. The van der Waals surface area contributed by atoms with Gasteiger partial charge in [-0.3, -0.25) is 14.1 Å². The van der Waals surface area contributed by atoms with Crippen molar-refractivity contribution in [3.63, 3.8) is 0 Å². The summed E-state index contributed by atoms with van der Waals surface area (Å²) in [6, 6.07) is 13.7. The molecule has 1 heterocycles. The molecule has 32 heavy (non-hydrogen) atoms. The predicted octanol–water partition coefficient (Wildman–Crippen LogP) is 4.61. The molecule has 2 aromatic carbocycles. The summed E-state index contributed by atoms with van der Waals surface area (Å²) in [6.07, 6.45) is 2.20. The van der Waals surface area contributed by atoms with Gasteiger partial charge in [0.2, 0.25) is 5.91 Å². The summed E-state index contributed by atoms with van der Waals surface area (Å²) < 4.78 is 32.8. The van der Waals surface area contributed by atoms with E-state index in [-0.39, 0.29) is 17.6 Å². The number of benzene rings is 2. The third-order valence-corrected chi connectivity index (χ3v) is 6.47. The molecule has 0 saturated heterocycles. The van der Waals surface area contributed by atoms with Crippen molar-refractivity contribution in [3.05, 3.63) is 80.8 Å². The van der Waals surface area contributed by atoms with E-state index in [1.165, 1.54) is 11.3 Å². The van der Waals surface area contributed by atoms with Crippen molar-refractivity contribution in [1.82, 2.24) is 10.3 Å². The smallest absolute Gasteiger partial charge is 0.347 e. The lowest BCUT2D eigenvalue weighted by atomic mass is 10.0. The molecule has 3 aromatic rings. The minimum absolute atomic E-state index is 0.0899. The maximum Gasteiger partial charge on any atom is 0.357 e. The number of rotatable bonds is 10. The summed E-state index contributed by atoms with van der Waals surface area (Å²) >= 11 is 7.52. The molecule has 1 amide bonds. The number of nitrogens with one attached hydrogen (secondary N) is 2. The largest absolute Gasteiger partial charge is 0.357 e. The Hall–Kier alpha value is -2.46. The van der Waals surface area contributed by atoms with Crippen molar-refractivity contribution in [3.8, 4) is 0 Å². The first-order chi connectivity index (χ1) is 15.2. The van der Waals surface area contributed by atoms with Crippen LogP contribution in [0.5, 0.6) is 0 Å². The van der Waals surface area contributed by atoms with Gasteiger partial charge in [0.1, 0.15) is 5.01 Å². The number of carbonyl (C=O) groups is 1. The van der Waals surface area contributed by atoms with E-state index in [0.717, 1.165) is 28.2 Å². The summed E-state index contributed by atoms with van der Waals surface area (Å²) in [7, 11) is -4.33. The van der Waals surface area contributed by atoms with Crippen LogP contribution in [0, 0.1) is 0 Å². The molecule has 0 aliphatic carbocycles. The van der Waals surface area contributed by atoms with E-state index in [1.54, 1.807) is 30.3 Å². The molecule has 0 spiro atoms. The Morgan fingerprint density at radius 2 is 1.94 bits per heavy atom. The van der Waals surface area contributed by atoms with Gasteiger partial charge < -0.3 is 5.32 Å². The van der Waals surface area contributed by atoms with Crippen LogP contribution in [0.3, 0.4) is 0 Å². The van der Waals surface area contributed by atoms with Crippen LogP contribution in [0.4, 0.5) is 5.69 Å². The average molecular weight is 494 g/mol. The van der Waals surface area contributed by atoms with Crippen molar-refractivity contribution in [2.75, 3.05) is 4.72 Å². The summed E-state index contributed by atoms with van der Waals surface area (Å²) in [4.78, 5) is 17.3. The van der Waals surface area contributed by atoms with Gasteiger partial charge in [0.15, 0.2) is 0 Å². The molecule has 1 atom stereocenters. The molecule has 0 fully saturated rings. The van der Waals surface area contributed by atoms with Crippen LogP contribution in [-0.4, -0.2) is 23.9 Å². The van der Waals surface area contributed by atoms with Gasteiger partial charge in [0, 0.05) is 16.8 Å². The number of aromatic nitrogens is 1. The lowest BCUT2D eigenvalue weighted by Crippen LogP contribution is -2.30. The number of anilines is 1. The summed E-state index contributed by atoms with van der Waals surface area (Å²) in [5.74, 6) is -0.0899. The number of aryl methyl sites for hydroxylation is 2. The van der Waals surface area contributed by atoms with Crippen molar-refractivity contribution in [2.24, 2.45) is 0 Å². The first-order valence-corrected chi connectivity index (χ1v) is 12.7. The Morgan fingerprint density at radius 1 is 1.19 bits per heavy atom. The highest BCUT2D eigenvalue weighted by molar-refractivity contribution is 7.87. The number of carbonyl (C=O) groups excluding carboxylic acids is 1. The summed E-state index contributed by atoms with van der Waals surface area (Å²) in [6.45, 7) is 2.03. The van der Waals surface area contributed by atoms with Gasteiger partial charge in [-0.1, -0.05) is 42.8 Å². The van der Waals surface area contributed by atoms with Crippen LogP contribution in [0.15, 0.2) is 53.9 Å². The highest BCUT2D eigenvalue weighted by Gasteiger charge is 2.19. The lowest BCUT2D eigenvalue weighted by Gasteiger charge is -2.17. The van der Waals surface area contributed by atoms with Crippen LogP contribution in [0.25, 0.3) is 0 Å².